The lowest BCUT2D eigenvalue weighted by Crippen LogP contribution is -2.55. The minimum Gasteiger partial charge on any atom is -0.389 e. The van der Waals surface area contributed by atoms with Crippen molar-refractivity contribution in [3.8, 4) is 0 Å². The van der Waals surface area contributed by atoms with Crippen LogP contribution in [0.2, 0.25) is 0 Å². The zero-order chi connectivity index (χ0) is 18.9. The maximum atomic E-state index is 12.7. The maximum Gasteiger partial charge on any atom is 0.271 e. The monoisotopic (exact) mass is 375 g/mol. The Hall–Kier alpha value is -1.93. The summed E-state index contributed by atoms with van der Waals surface area (Å²) >= 11 is 0. The molecule has 1 atom stereocenters. The summed E-state index contributed by atoms with van der Waals surface area (Å²) < 4.78 is 1.43. The van der Waals surface area contributed by atoms with Crippen molar-refractivity contribution < 1.29 is 14.7 Å². The number of fused-ring (bicyclic) bond motifs is 1. The third-order valence-electron chi connectivity index (χ3n) is 6.27. The normalized spacial score (nSPS) is 25.5. The van der Waals surface area contributed by atoms with Gasteiger partial charge in [0.05, 0.1) is 12.6 Å². The number of rotatable bonds is 4. The molecule has 0 spiro atoms. The van der Waals surface area contributed by atoms with Gasteiger partial charge >= 0.3 is 0 Å². The van der Waals surface area contributed by atoms with Crippen LogP contribution in [0.1, 0.15) is 65.9 Å². The molecular formula is C19H29N5O3. The van der Waals surface area contributed by atoms with Crippen LogP contribution in [0, 0.1) is 0 Å². The van der Waals surface area contributed by atoms with Crippen molar-refractivity contribution in [2.24, 2.45) is 0 Å². The Morgan fingerprint density at radius 2 is 2.00 bits per heavy atom. The number of amides is 2. The first kappa shape index (κ1) is 18.4. The number of carbonyl (C=O) groups excluding carboxylic acids is 2. The van der Waals surface area contributed by atoms with Gasteiger partial charge in [-0.3, -0.25) is 19.2 Å². The largest absolute Gasteiger partial charge is 0.389 e. The van der Waals surface area contributed by atoms with Crippen LogP contribution in [0.15, 0.2) is 6.07 Å². The van der Waals surface area contributed by atoms with Crippen LogP contribution in [0.3, 0.4) is 0 Å². The highest BCUT2D eigenvalue weighted by Crippen LogP contribution is 2.35. The molecule has 4 rings (SSSR count). The van der Waals surface area contributed by atoms with E-state index in [0.29, 0.717) is 12.2 Å². The standard InChI is InChI=1S/C19H29N5O3/c25-14-11-20-18(27)16-10-15(22-24(16)12-14)17(26)21-13-19(6-2-1-3-7-19)23-8-4-5-9-23/h10,14,25H,1-9,11-13H2,(H,20,27)(H,21,26)/t14-/m0/s1. The Kier molecular flexibility index (Phi) is 5.19. The molecule has 1 aromatic rings. The van der Waals surface area contributed by atoms with Gasteiger partial charge in [0, 0.05) is 24.7 Å². The van der Waals surface area contributed by atoms with Gasteiger partial charge in [0.2, 0.25) is 0 Å². The lowest BCUT2D eigenvalue weighted by molar-refractivity contribution is 0.0650. The first-order valence-corrected chi connectivity index (χ1v) is 10.1. The second-order valence-corrected chi connectivity index (χ2v) is 8.12. The zero-order valence-electron chi connectivity index (χ0n) is 15.7. The molecular weight excluding hydrogens is 346 g/mol. The maximum absolute atomic E-state index is 12.7. The molecule has 8 nitrogen and oxygen atoms in total. The van der Waals surface area contributed by atoms with Crippen LogP contribution in [0.4, 0.5) is 0 Å². The summed E-state index contributed by atoms with van der Waals surface area (Å²) in [5.41, 5.74) is 0.625. The first-order chi connectivity index (χ1) is 13.1. The first-order valence-electron chi connectivity index (χ1n) is 10.1. The van der Waals surface area contributed by atoms with Gasteiger partial charge in [-0.1, -0.05) is 19.3 Å². The van der Waals surface area contributed by atoms with Crippen LogP contribution >= 0.6 is 0 Å². The Balaban J connectivity index is 1.46. The van der Waals surface area contributed by atoms with Gasteiger partial charge < -0.3 is 15.7 Å². The van der Waals surface area contributed by atoms with E-state index in [0.717, 1.165) is 25.9 Å². The summed E-state index contributed by atoms with van der Waals surface area (Å²) in [6.45, 7) is 3.27. The predicted molar refractivity (Wildman–Crippen MR) is 99.5 cm³/mol. The smallest absolute Gasteiger partial charge is 0.271 e. The van der Waals surface area contributed by atoms with E-state index < -0.39 is 6.10 Å². The van der Waals surface area contributed by atoms with E-state index in [1.54, 1.807) is 0 Å². The Bertz CT molecular complexity index is 704. The molecule has 0 aromatic carbocycles. The highest BCUT2D eigenvalue weighted by molar-refractivity contribution is 5.98. The fraction of sp³-hybridized carbons (Fsp3) is 0.737. The number of aliphatic hydroxyl groups excluding tert-OH is 1. The van der Waals surface area contributed by atoms with Crippen molar-refractivity contribution in [3.63, 3.8) is 0 Å². The summed E-state index contributed by atoms with van der Waals surface area (Å²) in [5, 5.41) is 19.8. The Morgan fingerprint density at radius 3 is 2.74 bits per heavy atom. The second kappa shape index (κ2) is 7.59. The highest BCUT2D eigenvalue weighted by atomic mass is 16.3. The second-order valence-electron chi connectivity index (χ2n) is 8.12. The average molecular weight is 375 g/mol. The van der Waals surface area contributed by atoms with E-state index in [9.17, 15) is 14.7 Å². The SMILES string of the molecule is O=C(NCC1(N2CCCC2)CCCCC1)c1cc2n(n1)C[C@@H](O)CNC2=O. The lowest BCUT2D eigenvalue weighted by Gasteiger charge is -2.45. The molecule has 1 saturated heterocycles. The van der Waals surface area contributed by atoms with Crippen molar-refractivity contribution in [2.45, 2.75) is 63.1 Å². The molecule has 0 unspecified atom stereocenters. The molecule has 3 heterocycles. The minimum atomic E-state index is -0.702. The molecule has 3 N–H and O–H groups in total. The number of aliphatic hydroxyl groups is 1. The number of likely N-dealkylation sites (tertiary alicyclic amines) is 1. The topological polar surface area (TPSA) is 99.5 Å². The van der Waals surface area contributed by atoms with E-state index in [4.69, 9.17) is 0 Å². The van der Waals surface area contributed by atoms with Gasteiger partial charge in [-0.05, 0) is 38.8 Å². The third-order valence-corrected chi connectivity index (χ3v) is 6.27. The van der Waals surface area contributed by atoms with Crippen LogP contribution < -0.4 is 10.6 Å². The van der Waals surface area contributed by atoms with E-state index in [-0.39, 0.29) is 36.1 Å². The van der Waals surface area contributed by atoms with Crippen LogP contribution in [-0.2, 0) is 6.54 Å². The summed E-state index contributed by atoms with van der Waals surface area (Å²) in [4.78, 5) is 27.4. The molecule has 0 bridgehead atoms. The van der Waals surface area contributed by atoms with E-state index in [1.165, 1.54) is 42.9 Å². The van der Waals surface area contributed by atoms with E-state index >= 15 is 0 Å². The summed E-state index contributed by atoms with van der Waals surface area (Å²) in [6, 6.07) is 1.52. The molecule has 2 aliphatic heterocycles. The molecule has 2 amide bonds. The van der Waals surface area contributed by atoms with Gasteiger partial charge in [-0.2, -0.15) is 5.10 Å². The summed E-state index contributed by atoms with van der Waals surface area (Å²) in [6.07, 6.45) is 7.72. The molecule has 27 heavy (non-hydrogen) atoms. The number of hydrogen-bond acceptors (Lipinski definition) is 5. The van der Waals surface area contributed by atoms with E-state index in [2.05, 4.69) is 20.6 Å². The molecule has 8 heteroatoms. The van der Waals surface area contributed by atoms with Crippen molar-refractivity contribution in [1.29, 1.82) is 0 Å². The lowest BCUT2D eigenvalue weighted by atomic mass is 9.80. The number of nitrogens with one attached hydrogen (secondary N) is 2. The molecule has 2 fully saturated rings. The fourth-order valence-electron chi connectivity index (χ4n) is 4.76. The van der Waals surface area contributed by atoms with Gasteiger partial charge in [-0.25, -0.2) is 0 Å². The van der Waals surface area contributed by atoms with Gasteiger partial charge in [0.1, 0.15) is 5.69 Å². The zero-order valence-corrected chi connectivity index (χ0v) is 15.7. The van der Waals surface area contributed by atoms with Gasteiger partial charge in [0.15, 0.2) is 5.69 Å². The average Bonchev–Trinajstić information content (AvgIpc) is 3.33. The number of hydrogen-bond donors (Lipinski definition) is 3. The van der Waals surface area contributed by atoms with Gasteiger partial charge in [-0.15, -0.1) is 0 Å². The minimum absolute atomic E-state index is 0.0643. The molecule has 1 aliphatic carbocycles. The fourth-order valence-corrected chi connectivity index (χ4v) is 4.76. The number of nitrogens with zero attached hydrogens (tertiary/aromatic N) is 3. The van der Waals surface area contributed by atoms with Crippen molar-refractivity contribution in [3.05, 3.63) is 17.5 Å². The Morgan fingerprint density at radius 1 is 1.26 bits per heavy atom. The molecule has 1 aromatic heterocycles. The van der Waals surface area contributed by atoms with Crippen molar-refractivity contribution >= 4 is 11.8 Å². The highest BCUT2D eigenvalue weighted by Gasteiger charge is 2.39. The van der Waals surface area contributed by atoms with Crippen LogP contribution in [-0.4, -0.2) is 69.4 Å². The summed E-state index contributed by atoms with van der Waals surface area (Å²) in [5.74, 6) is -0.555. The van der Waals surface area contributed by atoms with Gasteiger partial charge in [0.25, 0.3) is 11.8 Å². The summed E-state index contributed by atoms with van der Waals surface area (Å²) in [7, 11) is 0. The number of β-amino-alcohol motifs (C(OH)–C–C–N with tert-alkyl or cyclic N) is 1. The van der Waals surface area contributed by atoms with Crippen molar-refractivity contribution in [1.82, 2.24) is 25.3 Å². The number of aromatic nitrogens is 2. The van der Waals surface area contributed by atoms with Crippen LogP contribution in [0.25, 0.3) is 0 Å². The predicted octanol–water partition coefficient (Wildman–Crippen LogP) is 0.516. The number of carbonyl (C=O) groups is 2. The third kappa shape index (κ3) is 3.73. The van der Waals surface area contributed by atoms with Crippen molar-refractivity contribution in [2.75, 3.05) is 26.2 Å². The quantitative estimate of drug-likeness (QED) is 0.712. The Labute approximate surface area is 159 Å². The molecule has 0 radical (unpaired) electrons. The van der Waals surface area contributed by atoms with Crippen LogP contribution in [0.5, 0.6) is 0 Å². The van der Waals surface area contributed by atoms with E-state index in [1.807, 2.05) is 0 Å². The molecule has 148 valence electrons. The molecule has 1 saturated carbocycles. The molecule has 3 aliphatic rings.